The maximum absolute atomic E-state index is 13.4. The van der Waals surface area contributed by atoms with Crippen LogP contribution in [0.4, 0.5) is 16.3 Å². The second-order valence-electron chi connectivity index (χ2n) is 10.6. The minimum atomic E-state index is -0.286. The van der Waals surface area contributed by atoms with Gasteiger partial charge in [-0.3, -0.25) is 4.79 Å². The highest BCUT2D eigenvalue weighted by Crippen LogP contribution is 2.36. The van der Waals surface area contributed by atoms with Gasteiger partial charge in [0.1, 0.15) is 5.82 Å². The number of urea groups is 1. The molecule has 0 saturated carbocycles. The maximum atomic E-state index is 13.4. The van der Waals surface area contributed by atoms with Crippen molar-refractivity contribution in [3.05, 3.63) is 52.7 Å². The SMILES string of the molecule is O=C1Cc2cccnc2N(C(=O)NCCN2CCC(CCCN3CCCCC3)CC2)c2cc(Cl)ccc21. The van der Waals surface area contributed by atoms with Gasteiger partial charge in [-0.25, -0.2) is 14.7 Å². The Labute approximate surface area is 225 Å². The smallest absolute Gasteiger partial charge is 0.327 e. The fourth-order valence-electron chi connectivity index (χ4n) is 5.97. The molecule has 198 valence electrons. The van der Waals surface area contributed by atoms with Crippen molar-refractivity contribution in [2.45, 2.75) is 51.4 Å². The monoisotopic (exact) mass is 523 g/mol. The third kappa shape index (κ3) is 6.51. The molecule has 0 unspecified atom stereocenters. The summed E-state index contributed by atoms with van der Waals surface area (Å²) in [5.74, 6) is 1.27. The van der Waals surface area contributed by atoms with Crippen LogP contribution in [0.25, 0.3) is 0 Å². The number of pyridine rings is 1. The number of hydrogen-bond acceptors (Lipinski definition) is 5. The summed E-state index contributed by atoms with van der Waals surface area (Å²) in [6.45, 7) is 7.38. The summed E-state index contributed by atoms with van der Waals surface area (Å²) in [6, 6.07) is 8.42. The van der Waals surface area contributed by atoms with Crippen LogP contribution in [0.5, 0.6) is 0 Å². The number of benzene rings is 1. The molecule has 0 aliphatic carbocycles. The molecule has 37 heavy (non-hydrogen) atoms. The number of carbonyl (C=O) groups excluding carboxylic acids is 2. The number of Topliss-reactive ketones (excluding diaryl/α,β-unsaturated/α-hetero) is 1. The number of piperidine rings is 2. The van der Waals surface area contributed by atoms with Crippen LogP contribution in [0.1, 0.15) is 60.9 Å². The molecule has 1 aromatic heterocycles. The van der Waals surface area contributed by atoms with Gasteiger partial charge in [-0.1, -0.05) is 24.1 Å². The lowest BCUT2D eigenvalue weighted by atomic mass is 9.92. The van der Waals surface area contributed by atoms with Gasteiger partial charge in [-0.05, 0) is 101 Å². The normalized spacial score (nSPS) is 19.3. The molecule has 4 heterocycles. The molecule has 8 heteroatoms. The minimum Gasteiger partial charge on any atom is -0.336 e. The molecule has 1 N–H and O–H groups in total. The summed E-state index contributed by atoms with van der Waals surface area (Å²) >= 11 is 6.26. The number of rotatable bonds is 7. The first-order valence-electron chi connectivity index (χ1n) is 13.9. The van der Waals surface area contributed by atoms with Crippen LogP contribution in [0.2, 0.25) is 5.02 Å². The molecular weight excluding hydrogens is 486 g/mol. The van der Waals surface area contributed by atoms with Gasteiger partial charge in [0.15, 0.2) is 5.78 Å². The van der Waals surface area contributed by atoms with E-state index < -0.39 is 0 Å². The molecule has 1 aromatic carbocycles. The Morgan fingerprint density at radius 3 is 2.62 bits per heavy atom. The minimum absolute atomic E-state index is 0.0463. The molecule has 7 nitrogen and oxygen atoms in total. The lowest BCUT2D eigenvalue weighted by molar-refractivity contribution is 0.0994. The van der Waals surface area contributed by atoms with E-state index in [-0.39, 0.29) is 18.2 Å². The van der Waals surface area contributed by atoms with Crippen molar-refractivity contribution in [3.8, 4) is 0 Å². The Kier molecular flexibility index (Phi) is 8.74. The Hall–Kier alpha value is -2.48. The number of hydrogen-bond donors (Lipinski definition) is 1. The van der Waals surface area contributed by atoms with Crippen molar-refractivity contribution in [2.24, 2.45) is 5.92 Å². The van der Waals surface area contributed by atoms with Crippen molar-refractivity contribution < 1.29 is 9.59 Å². The van der Waals surface area contributed by atoms with Gasteiger partial charge in [0.2, 0.25) is 0 Å². The van der Waals surface area contributed by atoms with Gasteiger partial charge >= 0.3 is 6.03 Å². The number of ketones is 1. The van der Waals surface area contributed by atoms with Gasteiger partial charge in [0, 0.05) is 41.9 Å². The van der Waals surface area contributed by atoms with E-state index in [0.717, 1.165) is 31.1 Å². The second kappa shape index (κ2) is 12.4. The topological polar surface area (TPSA) is 68.8 Å². The lowest BCUT2D eigenvalue weighted by Gasteiger charge is -2.33. The number of amides is 2. The standard InChI is InChI=1S/C29H38ClN5O2/c30-24-8-9-25-26(21-24)35(28-23(20-27(25)36)7-4-12-31-28)29(37)32-13-19-34-17-10-22(11-18-34)6-5-16-33-14-2-1-3-15-33/h4,7-9,12,21-22H,1-3,5-6,10-11,13-20H2,(H,32,37). The summed E-state index contributed by atoms with van der Waals surface area (Å²) in [4.78, 5) is 37.4. The third-order valence-corrected chi connectivity index (χ3v) is 8.32. The van der Waals surface area contributed by atoms with Crippen molar-refractivity contribution in [2.75, 3.05) is 50.7 Å². The molecular formula is C29H38ClN5O2. The number of anilines is 2. The average Bonchev–Trinajstić information content (AvgIpc) is 3.03. The quantitative estimate of drug-likeness (QED) is 0.533. The molecule has 0 atom stereocenters. The highest BCUT2D eigenvalue weighted by molar-refractivity contribution is 6.31. The van der Waals surface area contributed by atoms with E-state index >= 15 is 0 Å². The van der Waals surface area contributed by atoms with Crippen molar-refractivity contribution in [1.82, 2.24) is 20.1 Å². The second-order valence-corrected chi connectivity index (χ2v) is 11.1. The van der Waals surface area contributed by atoms with Gasteiger partial charge in [-0.2, -0.15) is 0 Å². The van der Waals surface area contributed by atoms with E-state index in [1.807, 2.05) is 6.07 Å². The zero-order valence-electron chi connectivity index (χ0n) is 21.6. The molecule has 0 spiro atoms. The first-order valence-corrected chi connectivity index (χ1v) is 14.3. The van der Waals surface area contributed by atoms with Crippen LogP contribution in [0.3, 0.4) is 0 Å². The van der Waals surface area contributed by atoms with E-state index in [4.69, 9.17) is 11.6 Å². The van der Waals surface area contributed by atoms with E-state index in [2.05, 4.69) is 20.1 Å². The zero-order chi connectivity index (χ0) is 25.6. The fraction of sp³-hybridized carbons (Fsp3) is 0.552. The molecule has 3 aliphatic rings. The molecule has 2 amide bonds. The summed E-state index contributed by atoms with van der Waals surface area (Å²) in [5, 5.41) is 3.55. The molecule has 0 radical (unpaired) electrons. The van der Waals surface area contributed by atoms with Crippen LogP contribution in [0.15, 0.2) is 36.5 Å². The zero-order valence-corrected chi connectivity index (χ0v) is 22.4. The number of halogens is 1. The Balaban J connectivity index is 1.12. The van der Waals surface area contributed by atoms with Crippen LogP contribution < -0.4 is 10.2 Å². The van der Waals surface area contributed by atoms with Gasteiger partial charge in [0.05, 0.1) is 5.69 Å². The van der Waals surface area contributed by atoms with Crippen molar-refractivity contribution in [1.29, 1.82) is 0 Å². The summed E-state index contributed by atoms with van der Waals surface area (Å²) in [5.41, 5.74) is 1.70. The van der Waals surface area contributed by atoms with Crippen LogP contribution >= 0.6 is 11.6 Å². The van der Waals surface area contributed by atoms with Gasteiger partial charge < -0.3 is 15.1 Å². The van der Waals surface area contributed by atoms with Crippen LogP contribution in [-0.4, -0.2) is 72.4 Å². The number of likely N-dealkylation sites (tertiary alicyclic amines) is 2. The Bertz CT molecular complexity index is 1100. The molecule has 2 saturated heterocycles. The largest absolute Gasteiger partial charge is 0.336 e. The van der Waals surface area contributed by atoms with E-state index in [1.54, 1.807) is 30.5 Å². The molecule has 2 fully saturated rings. The Morgan fingerprint density at radius 1 is 1.03 bits per heavy atom. The molecule has 5 rings (SSSR count). The lowest BCUT2D eigenvalue weighted by Crippen LogP contribution is -2.43. The first-order chi connectivity index (χ1) is 18.1. The van der Waals surface area contributed by atoms with Gasteiger partial charge in [0.25, 0.3) is 0 Å². The van der Waals surface area contributed by atoms with E-state index in [1.165, 1.54) is 69.5 Å². The van der Waals surface area contributed by atoms with Crippen LogP contribution in [-0.2, 0) is 6.42 Å². The number of nitrogens with one attached hydrogen (secondary N) is 1. The van der Waals surface area contributed by atoms with Crippen molar-refractivity contribution in [3.63, 3.8) is 0 Å². The van der Waals surface area contributed by atoms with E-state index in [9.17, 15) is 9.59 Å². The van der Waals surface area contributed by atoms with E-state index in [0.29, 0.717) is 28.6 Å². The highest BCUT2D eigenvalue weighted by Gasteiger charge is 2.31. The molecule has 0 bridgehead atoms. The third-order valence-electron chi connectivity index (χ3n) is 8.08. The maximum Gasteiger partial charge on any atom is 0.327 e. The average molecular weight is 524 g/mol. The van der Waals surface area contributed by atoms with Crippen molar-refractivity contribution >= 4 is 34.9 Å². The predicted octanol–water partition coefficient (Wildman–Crippen LogP) is 5.30. The summed E-state index contributed by atoms with van der Waals surface area (Å²) in [6.07, 6.45) is 11.1. The molecule has 3 aliphatic heterocycles. The van der Waals surface area contributed by atoms with Gasteiger partial charge in [-0.15, -0.1) is 0 Å². The summed E-state index contributed by atoms with van der Waals surface area (Å²) in [7, 11) is 0. The predicted molar refractivity (Wildman–Crippen MR) is 148 cm³/mol. The highest BCUT2D eigenvalue weighted by atomic mass is 35.5. The number of fused-ring (bicyclic) bond motifs is 2. The Morgan fingerprint density at radius 2 is 1.81 bits per heavy atom. The van der Waals surface area contributed by atoms with Crippen LogP contribution in [0, 0.1) is 5.92 Å². The molecule has 2 aromatic rings. The number of nitrogens with zero attached hydrogens (tertiary/aromatic N) is 4. The number of carbonyl (C=O) groups is 2. The first kappa shape index (κ1) is 26.1. The number of aromatic nitrogens is 1. The fourth-order valence-corrected chi connectivity index (χ4v) is 6.13. The summed E-state index contributed by atoms with van der Waals surface area (Å²) < 4.78 is 0.